The molecule has 2 atom stereocenters. The minimum atomic E-state index is -0.551. The number of fused-ring (bicyclic) bond motifs is 13. The van der Waals surface area contributed by atoms with Crippen LogP contribution in [0.2, 0.25) is 0 Å². The third-order valence-electron chi connectivity index (χ3n) is 14.9. The molecule has 0 aliphatic heterocycles. The van der Waals surface area contributed by atoms with Gasteiger partial charge in [-0.05, 0) is 125 Å². The third kappa shape index (κ3) is 5.51. The molecule has 0 aromatic heterocycles. The fraction of sp³-hybridized carbons (Fsp3) is 0.156. The predicted octanol–water partition coefficient (Wildman–Crippen LogP) is 16.5. The first-order valence-corrected chi connectivity index (χ1v) is 23.3. The lowest BCUT2D eigenvalue weighted by Crippen LogP contribution is -2.30. The van der Waals surface area contributed by atoms with E-state index in [9.17, 15) is 0 Å². The average molecular weight is 836 g/mol. The molecule has 3 aliphatic carbocycles. The Morgan fingerprint density at radius 2 is 0.754 bits per heavy atom. The summed E-state index contributed by atoms with van der Waals surface area (Å²) >= 11 is 0. The lowest BCUT2D eigenvalue weighted by Gasteiger charge is -2.37. The Kier molecular flexibility index (Phi) is 8.57. The largest absolute Gasteiger partial charge is 0.310 e. The maximum absolute atomic E-state index is 2.56. The molecule has 0 amide bonds. The first-order chi connectivity index (χ1) is 31.5. The normalized spacial score (nSPS) is 17.5. The number of benzene rings is 9. The van der Waals surface area contributed by atoms with E-state index in [2.05, 4.69) is 259 Å². The first-order valence-electron chi connectivity index (χ1n) is 23.3. The Labute approximate surface area is 384 Å². The van der Waals surface area contributed by atoms with Gasteiger partial charge in [0.05, 0.1) is 16.5 Å². The quantitative estimate of drug-likeness (QED) is 0.167. The molecular weight excluding hydrogens is 783 g/mol. The highest BCUT2D eigenvalue weighted by Gasteiger charge is 2.54. The Bertz CT molecular complexity index is 3310. The van der Waals surface area contributed by atoms with Gasteiger partial charge in [0, 0.05) is 16.9 Å². The second-order valence-electron chi connectivity index (χ2n) is 20.4. The van der Waals surface area contributed by atoms with Gasteiger partial charge >= 0.3 is 0 Å². The van der Waals surface area contributed by atoms with Crippen molar-refractivity contribution in [3.05, 3.63) is 268 Å². The first kappa shape index (κ1) is 39.4. The molecule has 314 valence electrons. The maximum atomic E-state index is 2.56. The molecule has 9 aromatic rings. The van der Waals surface area contributed by atoms with Crippen molar-refractivity contribution in [1.82, 2.24) is 0 Å². The molecule has 65 heavy (non-hydrogen) atoms. The number of nitrogens with zero attached hydrogens (tertiary/aromatic N) is 1. The number of rotatable bonds is 5. The van der Waals surface area contributed by atoms with Crippen LogP contribution in [0.3, 0.4) is 0 Å². The highest BCUT2D eigenvalue weighted by Crippen LogP contribution is 2.66. The fourth-order valence-corrected chi connectivity index (χ4v) is 11.9. The van der Waals surface area contributed by atoms with E-state index < -0.39 is 10.8 Å². The summed E-state index contributed by atoms with van der Waals surface area (Å²) in [6, 6.07) is 80.9. The van der Waals surface area contributed by atoms with E-state index >= 15 is 0 Å². The van der Waals surface area contributed by atoms with Crippen LogP contribution in [0, 0.1) is 0 Å². The van der Waals surface area contributed by atoms with Gasteiger partial charge in [-0.2, -0.15) is 0 Å². The highest BCUT2D eigenvalue weighted by atomic mass is 15.1. The number of hydrogen-bond acceptors (Lipinski definition) is 1. The van der Waals surface area contributed by atoms with E-state index in [4.69, 9.17) is 0 Å². The smallest absolute Gasteiger partial charge is 0.0746 e. The molecule has 3 aliphatic rings. The Morgan fingerprint density at radius 1 is 0.308 bits per heavy atom. The summed E-state index contributed by atoms with van der Waals surface area (Å²) in [6.45, 7) is 13.9. The summed E-state index contributed by atoms with van der Waals surface area (Å²) in [7, 11) is 0. The minimum Gasteiger partial charge on any atom is -0.310 e. The molecule has 9 aromatic carbocycles. The van der Waals surface area contributed by atoms with E-state index in [1.54, 1.807) is 0 Å². The number of hydrogen-bond donors (Lipinski definition) is 0. The SMILES string of the molecule is CC(C)(C)c1ccc(C2(c3ccccc3)c3ccccc3-c3ccc(N(c4ccccc4)c4cccc5c4C4(c6ccccc6-c6ccc(C(C)(C)C)cc64)c4ccccc4-5)cc32)cc1. The number of para-hydroxylation sites is 1. The summed E-state index contributed by atoms with van der Waals surface area (Å²) in [5, 5.41) is 0. The van der Waals surface area contributed by atoms with Crippen LogP contribution in [0.15, 0.2) is 212 Å². The zero-order chi connectivity index (χ0) is 44.3. The average Bonchev–Trinajstić information content (AvgIpc) is 3.92. The van der Waals surface area contributed by atoms with Crippen LogP contribution in [0.1, 0.15) is 97.2 Å². The van der Waals surface area contributed by atoms with Gasteiger partial charge in [-0.25, -0.2) is 0 Å². The fourth-order valence-electron chi connectivity index (χ4n) is 11.9. The molecule has 0 saturated heterocycles. The van der Waals surface area contributed by atoms with Crippen LogP contribution >= 0.6 is 0 Å². The van der Waals surface area contributed by atoms with E-state index in [-0.39, 0.29) is 10.8 Å². The van der Waals surface area contributed by atoms with Crippen LogP contribution < -0.4 is 4.90 Å². The predicted molar refractivity (Wildman–Crippen MR) is 272 cm³/mol. The lowest BCUT2D eigenvalue weighted by molar-refractivity contribution is 0.588. The summed E-state index contributed by atoms with van der Waals surface area (Å²) in [5.41, 5.74) is 23.3. The van der Waals surface area contributed by atoms with Crippen molar-refractivity contribution in [1.29, 1.82) is 0 Å². The van der Waals surface area contributed by atoms with Crippen LogP contribution in [0.4, 0.5) is 17.1 Å². The summed E-state index contributed by atoms with van der Waals surface area (Å²) < 4.78 is 0. The van der Waals surface area contributed by atoms with Crippen LogP contribution in [-0.4, -0.2) is 0 Å². The molecule has 1 heteroatoms. The molecular formula is C64H53N. The van der Waals surface area contributed by atoms with E-state index in [1.807, 2.05) is 0 Å². The highest BCUT2D eigenvalue weighted by molar-refractivity contribution is 6.00. The van der Waals surface area contributed by atoms with Crippen molar-refractivity contribution in [2.24, 2.45) is 0 Å². The molecule has 1 spiro atoms. The standard InChI is InChI=1S/C64H53N/c1-61(2,3)42-32-34-44(35-33-42)63(43-20-9-7-10-21-43)54-28-16-13-24-48(54)52-39-37-47(41-58(52)63)65(46-22-11-8-12-23-46)59-31-19-27-53-50-26-15-18-30-56(50)64(60(53)59)55-29-17-14-25-49(55)51-38-36-45(40-57(51)64)62(4,5)6/h7-41H,1-6H3. The summed E-state index contributed by atoms with van der Waals surface area (Å²) in [5.74, 6) is 0. The van der Waals surface area contributed by atoms with Gasteiger partial charge < -0.3 is 4.90 Å². The van der Waals surface area contributed by atoms with Gasteiger partial charge in [0.1, 0.15) is 0 Å². The Hall–Kier alpha value is -7.22. The van der Waals surface area contributed by atoms with Crippen LogP contribution in [0.5, 0.6) is 0 Å². The summed E-state index contributed by atoms with van der Waals surface area (Å²) in [4.78, 5) is 2.56. The van der Waals surface area contributed by atoms with Crippen LogP contribution in [-0.2, 0) is 21.7 Å². The molecule has 0 saturated carbocycles. The second-order valence-corrected chi connectivity index (χ2v) is 20.4. The van der Waals surface area contributed by atoms with Crippen molar-refractivity contribution in [2.75, 3.05) is 4.90 Å². The van der Waals surface area contributed by atoms with Gasteiger partial charge in [0.15, 0.2) is 0 Å². The van der Waals surface area contributed by atoms with Crippen molar-refractivity contribution < 1.29 is 0 Å². The summed E-state index contributed by atoms with van der Waals surface area (Å²) in [6.07, 6.45) is 0. The van der Waals surface area contributed by atoms with E-state index in [1.165, 1.54) is 94.7 Å². The monoisotopic (exact) mass is 835 g/mol. The van der Waals surface area contributed by atoms with E-state index in [0.717, 1.165) is 11.4 Å². The van der Waals surface area contributed by atoms with E-state index in [0.29, 0.717) is 0 Å². The van der Waals surface area contributed by atoms with Crippen LogP contribution in [0.25, 0.3) is 33.4 Å². The van der Waals surface area contributed by atoms with Gasteiger partial charge in [-0.15, -0.1) is 0 Å². The third-order valence-corrected chi connectivity index (χ3v) is 14.9. The Balaban J connectivity index is 1.17. The maximum Gasteiger partial charge on any atom is 0.0746 e. The van der Waals surface area contributed by atoms with Gasteiger partial charge in [0.2, 0.25) is 0 Å². The molecule has 2 unspecified atom stereocenters. The molecule has 1 nitrogen and oxygen atoms in total. The second kappa shape index (κ2) is 14.1. The molecule has 0 heterocycles. The molecule has 0 fully saturated rings. The zero-order valence-corrected chi connectivity index (χ0v) is 38.2. The zero-order valence-electron chi connectivity index (χ0n) is 38.2. The van der Waals surface area contributed by atoms with Crippen molar-refractivity contribution >= 4 is 17.1 Å². The molecule has 0 radical (unpaired) electrons. The molecule has 0 N–H and O–H groups in total. The van der Waals surface area contributed by atoms with Gasteiger partial charge in [-0.1, -0.05) is 224 Å². The topological polar surface area (TPSA) is 3.24 Å². The van der Waals surface area contributed by atoms with Crippen molar-refractivity contribution in [3.63, 3.8) is 0 Å². The van der Waals surface area contributed by atoms with Gasteiger partial charge in [-0.3, -0.25) is 0 Å². The van der Waals surface area contributed by atoms with Crippen molar-refractivity contribution in [3.8, 4) is 33.4 Å². The molecule has 12 rings (SSSR count). The number of anilines is 3. The molecule has 0 bridgehead atoms. The van der Waals surface area contributed by atoms with Crippen molar-refractivity contribution in [2.45, 2.75) is 63.2 Å². The minimum absolute atomic E-state index is 0.0259. The lowest BCUT2D eigenvalue weighted by atomic mass is 9.67. The Morgan fingerprint density at radius 3 is 1.35 bits per heavy atom. The van der Waals surface area contributed by atoms with Gasteiger partial charge in [0.25, 0.3) is 0 Å².